The lowest BCUT2D eigenvalue weighted by molar-refractivity contribution is -0.136. The molecule has 0 spiro atoms. The van der Waals surface area contributed by atoms with Crippen LogP contribution in [0.2, 0.25) is 0 Å². The van der Waals surface area contributed by atoms with Crippen molar-refractivity contribution >= 4 is 5.91 Å². The van der Waals surface area contributed by atoms with E-state index in [9.17, 15) is 9.90 Å². The predicted octanol–water partition coefficient (Wildman–Crippen LogP) is 1.88. The van der Waals surface area contributed by atoms with Crippen LogP contribution >= 0.6 is 0 Å². The first kappa shape index (κ1) is 14.5. The second-order valence-corrected chi connectivity index (χ2v) is 5.87. The van der Waals surface area contributed by atoms with E-state index < -0.39 is 5.60 Å². The molecule has 2 rings (SSSR count). The van der Waals surface area contributed by atoms with Crippen LogP contribution in [0.15, 0.2) is 11.6 Å². The maximum atomic E-state index is 12.2. The van der Waals surface area contributed by atoms with Crippen molar-refractivity contribution in [3.63, 3.8) is 0 Å². The van der Waals surface area contributed by atoms with Crippen molar-refractivity contribution in [1.29, 1.82) is 0 Å². The Balaban J connectivity index is 1.83. The van der Waals surface area contributed by atoms with E-state index in [2.05, 4.69) is 6.08 Å². The van der Waals surface area contributed by atoms with Gasteiger partial charge in [0, 0.05) is 46.1 Å². The maximum absolute atomic E-state index is 12.2. The van der Waals surface area contributed by atoms with Crippen molar-refractivity contribution in [1.82, 2.24) is 4.90 Å². The van der Waals surface area contributed by atoms with Crippen LogP contribution in [-0.4, -0.2) is 48.3 Å². The molecule has 1 saturated heterocycles. The third-order valence-electron chi connectivity index (χ3n) is 4.14. The molecule has 1 aliphatic heterocycles. The quantitative estimate of drug-likeness (QED) is 0.791. The molecule has 0 aromatic rings. The maximum Gasteiger partial charge on any atom is 0.226 e. The fraction of sp³-hybridized carbons (Fsp3) is 0.800. The molecular formula is C15H25NO3. The third kappa shape index (κ3) is 4.32. The molecule has 1 N–H and O–H groups in total. The molecule has 2 aliphatic rings. The summed E-state index contributed by atoms with van der Waals surface area (Å²) in [7, 11) is 1.79. The molecule has 1 amide bonds. The number of carbonyl (C=O) groups is 1. The minimum atomic E-state index is -0.760. The number of carbonyl (C=O) groups excluding carboxylic acids is 1. The summed E-state index contributed by atoms with van der Waals surface area (Å²) in [5.41, 5.74) is 0.505. The van der Waals surface area contributed by atoms with Crippen molar-refractivity contribution in [3.05, 3.63) is 11.6 Å². The second kappa shape index (κ2) is 6.53. The minimum absolute atomic E-state index is 0.119. The summed E-state index contributed by atoms with van der Waals surface area (Å²) in [6.45, 7) is 1.59. The van der Waals surface area contributed by atoms with E-state index in [1.165, 1.54) is 18.4 Å². The summed E-state index contributed by atoms with van der Waals surface area (Å²) >= 11 is 0. The molecule has 0 saturated carbocycles. The highest BCUT2D eigenvalue weighted by Crippen LogP contribution is 2.23. The normalized spacial score (nSPS) is 22.7. The molecule has 0 bridgehead atoms. The molecule has 1 fully saturated rings. The lowest BCUT2D eigenvalue weighted by atomic mass is 9.93. The lowest BCUT2D eigenvalue weighted by Gasteiger charge is -2.35. The molecule has 0 aromatic heterocycles. The first-order valence-electron chi connectivity index (χ1n) is 7.31. The Morgan fingerprint density at radius 2 is 2.16 bits per heavy atom. The number of aliphatic hydroxyl groups is 1. The highest BCUT2D eigenvalue weighted by atomic mass is 16.5. The van der Waals surface area contributed by atoms with Crippen molar-refractivity contribution in [3.8, 4) is 0 Å². The zero-order chi connectivity index (χ0) is 13.7. The van der Waals surface area contributed by atoms with Gasteiger partial charge in [-0.15, -0.1) is 0 Å². The molecule has 0 unspecified atom stereocenters. The van der Waals surface area contributed by atoms with Gasteiger partial charge in [0.15, 0.2) is 0 Å². The number of allylic oxidation sites excluding steroid dienone is 1. The number of nitrogens with zero attached hydrogens (tertiary/aromatic N) is 1. The molecular weight excluding hydrogens is 242 g/mol. The first-order valence-corrected chi connectivity index (χ1v) is 7.31. The van der Waals surface area contributed by atoms with Gasteiger partial charge in [0.1, 0.15) is 0 Å². The standard InChI is InChI=1S/C15H25NO3/c1-16(12-15(18)7-9-19-10-8-15)14(17)11-13-5-3-2-4-6-13/h5,18H,2-4,6-12H2,1H3. The smallest absolute Gasteiger partial charge is 0.226 e. The lowest BCUT2D eigenvalue weighted by Crippen LogP contribution is -2.47. The Morgan fingerprint density at radius 3 is 2.79 bits per heavy atom. The molecule has 4 nitrogen and oxygen atoms in total. The van der Waals surface area contributed by atoms with Crippen molar-refractivity contribution < 1.29 is 14.6 Å². The van der Waals surface area contributed by atoms with E-state index in [1.54, 1.807) is 11.9 Å². The van der Waals surface area contributed by atoms with Gasteiger partial charge >= 0.3 is 0 Å². The van der Waals surface area contributed by atoms with E-state index in [1.807, 2.05) is 0 Å². The summed E-state index contributed by atoms with van der Waals surface area (Å²) in [6.07, 6.45) is 8.56. The van der Waals surface area contributed by atoms with Crippen LogP contribution in [0, 0.1) is 0 Å². The van der Waals surface area contributed by atoms with Crippen LogP contribution in [0.1, 0.15) is 44.9 Å². The van der Waals surface area contributed by atoms with Crippen molar-refractivity contribution in [2.45, 2.75) is 50.5 Å². The van der Waals surface area contributed by atoms with Gasteiger partial charge in [-0.1, -0.05) is 11.6 Å². The van der Waals surface area contributed by atoms with Gasteiger partial charge in [0.05, 0.1) is 5.60 Å². The summed E-state index contributed by atoms with van der Waals surface area (Å²) in [5.74, 6) is 0.119. The van der Waals surface area contributed by atoms with Gasteiger partial charge in [-0.05, 0) is 25.7 Å². The Bertz CT molecular complexity index is 345. The second-order valence-electron chi connectivity index (χ2n) is 5.87. The van der Waals surface area contributed by atoms with Crippen LogP contribution in [-0.2, 0) is 9.53 Å². The minimum Gasteiger partial charge on any atom is -0.388 e. The summed E-state index contributed by atoms with van der Waals surface area (Å²) in [6, 6.07) is 0. The molecule has 108 valence electrons. The number of likely N-dealkylation sites (N-methyl/N-ethyl adjacent to an activating group) is 1. The Morgan fingerprint density at radius 1 is 1.42 bits per heavy atom. The summed E-state index contributed by atoms with van der Waals surface area (Å²) in [4.78, 5) is 13.9. The fourth-order valence-corrected chi connectivity index (χ4v) is 2.83. The average molecular weight is 267 g/mol. The van der Waals surface area contributed by atoms with Gasteiger partial charge in [-0.25, -0.2) is 0 Å². The Kier molecular flexibility index (Phi) is 4.99. The number of amides is 1. The van der Waals surface area contributed by atoms with Crippen LogP contribution in [0.3, 0.4) is 0 Å². The highest BCUT2D eigenvalue weighted by Gasteiger charge is 2.32. The highest BCUT2D eigenvalue weighted by molar-refractivity contribution is 5.78. The Hall–Kier alpha value is -0.870. The van der Waals surface area contributed by atoms with E-state index in [4.69, 9.17) is 4.74 Å². The van der Waals surface area contributed by atoms with Crippen LogP contribution in [0.25, 0.3) is 0 Å². The van der Waals surface area contributed by atoms with E-state index >= 15 is 0 Å². The molecule has 1 heterocycles. The van der Waals surface area contributed by atoms with Crippen LogP contribution in [0.4, 0.5) is 0 Å². The number of rotatable bonds is 4. The largest absolute Gasteiger partial charge is 0.388 e. The number of ether oxygens (including phenoxy) is 1. The summed E-state index contributed by atoms with van der Waals surface area (Å²) in [5, 5.41) is 10.4. The van der Waals surface area contributed by atoms with Crippen LogP contribution in [0.5, 0.6) is 0 Å². The molecule has 0 radical (unpaired) electrons. The molecule has 4 heteroatoms. The third-order valence-corrected chi connectivity index (χ3v) is 4.14. The monoisotopic (exact) mass is 267 g/mol. The SMILES string of the molecule is CN(CC1(O)CCOCC1)C(=O)CC1=CCCCC1. The van der Waals surface area contributed by atoms with Crippen molar-refractivity contribution in [2.75, 3.05) is 26.8 Å². The number of hydrogen-bond acceptors (Lipinski definition) is 3. The Labute approximate surface area is 115 Å². The summed E-state index contributed by atoms with van der Waals surface area (Å²) < 4.78 is 5.26. The zero-order valence-corrected chi connectivity index (χ0v) is 11.9. The molecule has 19 heavy (non-hydrogen) atoms. The van der Waals surface area contributed by atoms with E-state index in [-0.39, 0.29) is 5.91 Å². The van der Waals surface area contributed by atoms with Crippen LogP contribution < -0.4 is 0 Å². The fourth-order valence-electron chi connectivity index (χ4n) is 2.83. The van der Waals surface area contributed by atoms with Crippen molar-refractivity contribution in [2.24, 2.45) is 0 Å². The van der Waals surface area contributed by atoms with Gasteiger partial charge in [-0.2, -0.15) is 0 Å². The predicted molar refractivity (Wildman–Crippen MR) is 73.8 cm³/mol. The van der Waals surface area contributed by atoms with Gasteiger partial charge < -0.3 is 14.7 Å². The van der Waals surface area contributed by atoms with Gasteiger partial charge in [0.2, 0.25) is 5.91 Å². The first-order chi connectivity index (χ1) is 9.09. The molecule has 0 atom stereocenters. The van der Waals surface area contributed by atoms with Gasteiger partial charge in [-0.3, -0.25) is 4.79 Å². The molecule has 1 aliphatic carbocycles. The number of hydrogen-bond donors (Lipinski definition) is 1. The van der Waals surface area contributed by atoms with Gasteiger partial charge in [0.25, 0.3) is 0 Å². The molecule has 0 aromatic carbocycles. The topological polar surface area (TPSA) is 49.8 Å². The van der Waals surface area contributed by atoms with E-state index in [0.717, 1.165) is 12.8 Å². The zero-order valence-electron chi connectivity index (χ0n) is 11.9. The van der Waals surface area contributed by atoms with E-state index in [0.29, 0.717) is 39.0 Å². The average Bonchev–Trinajstić information content (AvgIpc) is 2.40.